The number of carbonyl (C=O) groups is 1. The van der Waals surface area contributed by atoms with Crippen molar-refractivity contribution < 1.29 is 23.4 Å². The Bertz CT molecular complexity index is 1260. The minimum atomic E-state index is -1.50. The Morgan fingerprint density at radius 2 is 1.75 bits per heavy atom. The van der Waals surface area contributed by atoms with E-state index in [1.54, 1.807) is 12.1 Å². The molecule has 0 fully saturated rings. The topological polar surface area (TPSA) is 111 Å². The molecule has 0 radical (unpaired) electrons. The number of furan rings is 1. The zero-order chi connectivity index (χ0) is 29.4. The highest BCUT2D eigenvalue weighted by atomic mass is 28.3. The molecule has 40 heavy (non-hydrogen) atoms. The van der Waals surface area contributed by atoms with E-state index < -0.39 is 8.07 Å². The van der Waals surface area contributed by atoms with Gasteiger partial charge in [0.15, 0.2) is 5.69 Å². The van der Waals surface area contributed by atoms with Crippen molar-refractivity contribution in [1.29, 1.82) is 0 Å². The predicted molar refractivity (Wildman–Crippen MR) is 161 cm³/mol. The Morgan fingerprint density at radius 3 is 2.33 bits per heavy atom. The van der Waals surface area contributed by atoms with Crippen molar-refractivity contribution in [2.75, 3.05) is 44.1 Å². The van der Waals surface area contributed by atoms with E-state index in [2.05, 4.69) is 72.3 Å². The van der Waals surface area contributed by atoms with E-state index in [4.69, 9.17) is 18.6 Å². The number of benzene rings is 1. The summed E-state index contributed by atoms with van der Waals surface area (Å²) in [4.78, 5) is 24.1. The van der Waals surface area contributed by atoms with Gasteiger partial charge in [0, 0.05) is 31.7 Å². The molecule has 218 valence electrons. The Hall–Kier alpha value is -3.57. The SMILES string of the molecule is CCN(CCNC(C)C)c1nc(OC)c(NC(=O)Cc2ccc(Oc3cc([Si](C)(C)C)ccc3C)o2)c(OC)n1. The summed E-state index contributed by atoms with van der Waals surface area (Å²) in [5.41, 5.74) is 1.27. The van der Waals surface area contributed by atoms with Gasteiger partial charge in [-0.3, -0.25) is 4.79 Å². The van der Waals surface area contributed by atoms with Gasteiger partial charge in [0.25, 0.3) is 5.95 Å². The number of rotatable bonds is 14. The summed E-state index contributed by atoms with van der Waals surface area (Å²) in [7, 11) is 1.49. The fourth-order valence-electron chi connectivity index (χ4n) is 3.98. The highest BCUT2D eigenvalue weighted by molar-refractivity contribution is 6.88. The summed E-state index contributed by atoms with van der Waals surface area (Å²) >= 11 is 0. The van der Waals surface area contributed by atoms with Gasteiger partial charge in [0.2, 0.25) is 23.6 Å². The second-order valence-electron chi connectivity index (χ2n) is 10.9. The largest absolute Gasteiger partial charge is 0.479 e. The molecule has 0 spiro atoms. The first-order chi connectivity index (χ1) is 18.9. The van der Waals surface area contributed by atoms with Crippen molar-refractivity contribution in [2.45, 2.75) is 59.8 Å². The molecule has 10 nitrogen and oxygen atoms in total. The molecule has 2 N–H and O–H groups in total. The van der Waals surface area contributed by atoms with E-state index in [0.717, 1.165) is 17.9 Å². The monoisotopic (exact) mass is 569 g/mol. The Kier molecular flexibility index (Phi) is 10.6. The Labute approximate surface area is 238 Å². The van der Waals surface area contributed by atoms with Crippen LogP contribution in [0.4, 0.5) is 11.6 Å². The number of nitrogens with zero attached hydrogens (tertiary/aromatic N) is 3. The lowest BCUT2D eigenvalue weighted by Crippen LogP contribution is -2.37. The normalized spacial score (nSPS) is 11.4. The van der Waals surface area contributed by atoms with Crippen LogP contribution in [0, 0.1) is 6.92 Å². The molecular formula is C29H43N5O5Si. The third kappa shape index (κ3) is 8.22. The number of anilines is 2. The molecule has 0 aliphatic heterocycles. The van der Waals surface area contributed by atoms with Crippen LogP contribution in [0.5, 0.6) is 23.5 Å². The van der Waals surface area contributed by atoms with Crippen LogP contribution in [-0.2, 0) is 11.2 Å². The number of methoxy groups -OCH3 is 2. The van der Waals surface area contributed by atoms with Crippen LogP contribution in [0.3, 0.4) is 0 Å². The number of carbonyl (C=O) groups excluding carboxylic acids is 1. The summed E-state index contributed by atoms with van der Waals surface area (Å²) < 4.78 is 22.9. The lowest BCUT2D eigenvalue weighted by atomic mass is 10.2. The zero-order valence-electron chi connectivity index (χ0n) is 25.2. The van der Waals surface area contributed by atoms with Crippen molar-refractivity contribution >= 4 is 30.8 Å². The first-order valence-electron chi connectivity index (χ1n) is 13.6. The van der Waals surface area contributed by atoms with Crippen LogP contribution in [-0.4, -0.2) is 63.8 Å². The van der Waals surface area contributed by atoms with Gasteiger partial charge in [0.1, 0.15) is 11.5 Å². The maximum atomic E-state index is 13.0. The average molecular weight is 570 g/mol. The van der Waals surface area contributed by atoms with Crippen molar-refractivity contribution in [3.63, 3.8) is 0 Å². The molecule has 1 amide bonds. The molecule has 11 heteroatoms. The molecule has 0 atom stereocenters. The van der Waals surface area contributed by atoms with Gasteiger partial charge >= 0.3 is 0 Å². The predicted octanol–water partition coefficient (Wildman–Crippen LogP) is 4.74. The van der Waals surface area contributed by atoms with E-state index in [-0.39, 0.29) is 29.8 Å². The standard InChI is InChI=1S/C29H43N5O5Si/c1-10-34(16-15-30-19(2)3)29-32-27(36-5)26(28(33-29)37-6)31-24(35)17-21-12-14-25(38-21)39-23-18-22(40(7,8)9)13-11-20(23)4/h11-14,18-19,30H,10,15-17H2,1-9H3,(H,31,35). The Morgan fingerprint density at radius 1 is 1.07 bits per heavy atom. The number of hydrogen-bond acceptors (Lipinski definition) is 9. The third-order valence-corrected chi connectivity index (χ3v) is 8.36. The molecule has 0 saturated heterocycles. The van der Waals surface area contributed by atoms with Crippen LogP contribution >= 0.6 is 0 Å². The zero-order valence-corrected chi connectivity index (χ0v) is 26.2. The molecule has 2 heterocycles. The number of aryl methyl sites for hydroxylation is 1. The number of amides is 1. The van der Waals surface area contributed by atoms with E-state index in [0.29, 0.717) is 36.8 Å². The number of aromatic nitrogens is 2. The molecule has 3 rings (SSSR count). The van der Waals surface area contributed by atoms with Gasteiger partial charge in [0.05, 0.1) is 28.7 Å². The van der Waals surface area contributed by atoms with Crippen LogP contribution < -0.4 is 34.9 Å². The van der Waals surface area contributed by atoms with Gasteiger partial charge in [-0.2, -0.15) is 9.97 Å². The maximum absolute atomic E-state index is 13.0. The lowest BCUT2D eigenvalue weighted by Gasteiger charge is -2.23. The van der Waals surface area contributed by atoms with Crippen LogP contribution in [0.15, 0.2) is 34.7 Å². The smallest absolute Gasteiger partial charge is 0.290 e. The first kappa shape index (κ1) is 31.0. The quantitative estimate of drug-likeness (QED) is 0.266. The summed E-state index contributed by atoms with van der Waals surface area (Å²) in [5.74, 6) is 2.08. The van der Waals surface area contributed by atoms with Crippen molar-refractivity contribution in [1.82, 2.24) is 15.3 Å². The molecule has 1 aromatic carbocycles. The number of nitrogens with one attached hydrogen (secondary N) is 2. The highest BCUT2D eigenvalue weighted by Gasteiger charge is 2.22. The number of hydrogen-bond donors (Lipinski definition) is 2. The van der Waals surface area contributed by atoms with E-state index in [1.165, 1.54) is 19.4 Å². The van der Waals surface area contributed by atoms with Crippen molar-refractivity contribution in [3.8, 4) is 23.5 Å². The molecule has 0 unspecified atom stereocenters. The van der Waals surface area contributed by atoms with Crippen LogP contribution in [0.2, 0.25) is 19.6 Å². The molecular weight excluding hydrogens is 526 g/mol. The molecule has 2 aromatic heterocycles. The fraction of sp³-hybridized carbons (Fsp3) is 0.483. The van der Waals surface area contributed by atoms with Crippen LogP contribution in [0.1, 0.15) is 32.1 Å². The fourth-order valence-corrected chi connectivity index (χ4v) is 5.12. The minimum absolute atomic E-state index is 0.0205. The molecule has 0 aliphatic rings. The summed E-state index contributed by atoms with van der Waals surface area (Å²) in [5, 5.41) is 7.51. The maximum Gasteiger partial charge on any atom is 0.290 e. The van der Waals surface area contributed by atoms with E-state index in [9.17, 15) is 4.79 Å². The third-order valence-electron chi connectivity index (χ3n) is 6.32. The van der Waals surface area contributed by atoms with Gasteiger partial charge in [-0.15, -0.1) is 0 Å². The van der Waals surface area contributed by atoms with Crippen LogP contribution in [0.25, 0.3) is 0 Å². The second kappa shape index (κ2) is 13.7. The summed E-state index contributed by atoms with van der Waals surface area (Å²) in [6.07, 6.45) is -0.0205. The van der Waals surface area contributed by atoms with Crippen molar-refractivity contribution in [2.24, 2.45) is 0 Å². The summed E-state index contributed by atoms with van der Waals surface area (Å²) in [6.45, 7) is 17.3. The Balaban J connectivity index is 1.72. The molecule has 0 aliphatic carbocycles. The van der Waals surface area contributed by atoms with Gasteiger partial charge in [-0.1, -0.05) is 50.8 Å². The highest BCUT2D eigenvalue weighted by Crippen LogP contribution is 2.34. The average Bonchev–Trinajstić information content (AvgIpc) is 3.33. The van der Waals surface area contributed by atoms with Gasteiger partial charge in [-0.25, -0.2) is 0 Å². The number of ether oxygens (including phenoxy) is 3. The lowest BCUT2D eigenvalue weighted by molar-refractivity contribution is -0.115. The number of likely N-dealkylation sites (N-methyl/N-ethyl adjacent to an activating group) is 1. The molecule has 0 bridgehead atoms. The van der Waals surface area contributed by atoms with E-state index in [1.807, 2.05) is 18.7 Å². The van der Waals surface area contributed by atoms with E-state index >= 15 is 0 Å². The summed E-state index contributed by atoms with van der Waals surface area (Å²) in [6, 6.07) is 10.1. The van der Waals surface area contributed by atoms with Gasteiger partial charge < -0.3 is 34.2 Å². The minimum Gasteiger partial charge on any atom is -0.479 e. The van der Waals surface area contributed by atoms with Crippen molar-refractivity contribution in [3.05, 3.63) is 41.7 Å². The molecule has 0 saturated carbocycles. The first-order valence-corrected chi connectivity index (χ1v) is 17.1. The molecule has 3 aromatic rings. The van der Waals surface area contributed by atoms with Gasteiger partial charge in [-0.05, 0) is 31.5 Å². The second-order valence-corrected chi connectivity index (χ2v) is 16.0.